The van der Waals surface area contributed by atoms with Crippen LogP contribution in [0.15, 0.2) is 28.8 Å². The average molecular weight is 291 g/mol. The molecule has 1 saturated carbocycles. The minimum Gasteiger partial charge on any atom is -0.360 e. The molecule has 2 aromatic rings. The first-order valence-corrected chi connectivity index (χ1v) is 7.11. The average Bonchev–Trinajstić information content (AvgIpc) is 3.16. The zero-order valence-corrected chi connectivity index (χ0v) is 11.9. The van der Waals surface area contributed by atoms with Crippen LogP contribution in [0.25, 0.3) is 0 Å². The van der Waals surface area contributed by atoms with Crippen molar-refractivity contribution in [2.24, 2.45) is 0 Å². The fourth-order valence-corrected chi connectivity index (χ4v) is 2.38. The van der Waals surface area contributed by atoms with Crippen molar-refractivity contribution in [3.63, 3.8) is 0 Å². The standard InChI is InChI=1S/C15H15ClN2O2/c1-2-9-5-6-11(7-12(9)16)17-15(19)13-8-14(20-18-13)10-3-4-10/h5-8,10H,2-4H2,1H3,(H,17,19). The fraction of sp³-hybridized carbons (Fsp3) is 0.333. The Morgan fingerprint density at radius 3 is 2.90 bits per heavy atom. The molecule has 3 rings (SSSR count). The number of nitrogens with zero attached hydrogens (tertiary/aromatic N) is 1. The van der Waals surface area contributed by atoms with Crippen molar-refractivity contribution in [2.75, 3.05) is 5.32 Å². The topological polar surface area (TPSA) is 55.1 Å². The summed E-state index contributed by atoms with van der Waals surface area (Å²) in [7, 11) is 0. The van der Waals surface area contributed by atoms with Gasteiger partial charge in [-0.3, -0.25) is 4.79 Å². The Bertz CT molecular complexity index is 647. The Morgan fingerprint density at radius 1 is 1.45 bits per heavy atom. The second-order valence-corrected chi connectivity index (χ2v) is 5.41. The van der Waals surface area contributed by atoms with E-state index in [0.717, 1.165) is 30.6 Å². The van der Waals surface area contributed by atoms with E-state index in [1.807, 2.05) is 19.1 Å². The number of benzene rings is 1. The van der Waals surface area contributed by atoms with E-state index in [9.17, 15) is 4.79 Å². The van der Waals surface area contributed by atoms with Gasteiger partial charge in [-0.05, 0) is 37.0 Å². The van der Waals surface area contributed by atoms with Gasteiger partial charge in [-0.1, -0.05) is 29.7 Å². The van der Waals surface area contributed by atoms with Gasteiger partial charge >= 0.3 is 0 Å². The van der Waals surface area contributed by atoms with Gasteiger partial charge in [0.2, 0.25) is 0 Å². The maximum absolute atomic E-state index is 12.1. The van der Waals surface area contributed by atoms with Gasteiger partial charge in [0.15, 0.2) is 5.69 Å². The molecule has 0 atom stereocenters. The van der Waals surface area contributed by atoms with Gasteiger partial charge in [0.05, 0.1) is 0 Å². The lowest BCUT2D eigenvalue weighted by molar-refractivity contribution is 0.101. The maximum atomic E-state index is 12.1. The van der Waals surface area contributed by atoms with Crippen LogP contribution in [0, 0.1) is 0 Å². The smallest absolute Gasteiger partial charge is 0.277 e. The lowest BCUT2D eigenvalue weighted by Gasteiger charge is -2.06. The highest BCUT2D eigenvalue weighted by atomic mass is 35.5. The molecule has 5 heteroatoms. The van der Waals surface area contributed by atoms with Crippen LogP contribution in [0.4, 0.5) is 5.69 Å². The lowest BCUT2D eigenvalue weighted by atomic mass is 10.1. The number of amides is 1. The highest BCUT2D eigenvalue weighted by Crippen LogP contribution is 2.40. The Hall–Kier alpha value is -1.81. The van der Waals surface area contributed by atoms with Crippen LogP contribution < -0.4 is 5.32 Å². The second-order valence-electron chi connectivity index (χ2n) is 5.00. The van der Waals surface area contributed by atoms with Crippen molar-refractivity contribution < 1.29 is 9.32 Å². The summed E-state index contributed by atoms with van der Waals surface area (Å²) in [5, 5.41) is 7.24. The molecular weight excluding hydrogens is 276 g/mol. The number of hydrogen-bond donors (Lipinski definition) is 1. The molecule has 1 N–H and O–H groups in total. The molecule has 1 aromatic heterocycles. The van der Waals surface area contributed by atoms with E-state index in [4.69, 9.17) is 16.1 Å². The Kier molecular flexibility index (Phi) is 3.49. The summed E-state index contributed by atoms with van der Waals surface area (Å²) in [6, 6.07) is 7.22. The molecule has 1 heterocycles. The fourth-order valence-electron chi connectivity index (χ4n) is 2.06. The van der Waals surface area contributed by atoms with Crippen molar-refractivity contribution in [1.82, 2.24) is 5.16 Å². The molecule has 0 spiro atoms. The number of anilines is 1. The van der Waals surface area contributed by atoms with Crippen LogP contribution in [-0.2, 0) is 6.42 Å². The number of rotatable bonds is 4. The van der Waals surface area contributed by atoms with E-state index in [-0.39, 0.29) is 5.91 Å². The van der Waals surface area contributed by atoms with Crippen molar-refractivity contribution in [2.45, 2.75) is 32.1 Å². The number of aromatic nitrogens is 1. The molecule has 1 amide bonds. The number of halogens is 1. The molecule has 104 valence electrons. The van der Waals surface area contributed by atoms with E-state index in [2.05, 4.69) is 10.5 Å². The zero-order valence-electron chi connectivity index (χ0n) is 11.1. The lowest BCUT2D eigenvalue weighted by Crippen LogP contribution is -2.12. The van der Waals surface area contributed by atoms with Gasteiger partial charge < -0.3 is 9.84 Å². The van der Waals surface area contributed by atoms with Crippen LogP contribution in [0.1, 0.15) is 47.5 Å². The van der Waals surface area contributed by atoms with Gasteiger partial charge in [-0.2, -0.15) is 0 Å². The first kappa shape index (κ1) is 13.2. The second kappa shape index (κ2) is 5.29. The summed E-state index contributed by atoms with van der Waals surface area (Å²) in [5.74, 6) is 0.970. The summed E-state index contributed by atoms with van der Waals surface area (Å²) in [4.78, 5) is 12.1. The quantitative estimate of drug-likeness (QED) is 0.925. The summed E-state index contributed by atoms with van der Waals surface area (Å²) < 4.78 is 5.17. The summed E-state index contributed by atoms with van der Waals surface area (Å²) in [5.41, 5.74) is 2.03. The largest absolute Gasteiger partial charge is 0.360 e. The van der Waals surface area contributed by atoms with Crippen LogP contribution in [-0.4, -0.2) is 11.1 Å². The van der Waals surface area contributed by atoms with Crippen LogP contribution >= 0.6 is 11.6 Å². The highest BCUT2D eigenvalue weighted by Gasteiger charge is 2.28. The predicted octanol–water partition coefficient (Wildman–Crippen LogP) is 4.02. The summed E-state index contributed by atoms with van der Waals surface area (Å²) in [6.07, 6.45) is 3.09. The van der Waals surface area contributed by atoms with Crippen molar-refractivity contribution in [3.8, 4) is 0 Å². The zero-order chi connectivity index (χ0) is 14.1. The number of hydrogen-bond acceptors (Lipinski definition) is 3. The van der Waals surface area contributed by atoms with Crippen molar-refractivity contribution in [1.29, 1.82) is 0 Å². The van der Waals surface area contributed by atoms with E-state index >= 15 is 0 Å². The molecule has 1 aliphatic carbocycles. The molecule has 20 heavy (non-hydrogen) atoms. The normalized spacial score (nSPS) is 14.3. The molecule has 0 aliphatic heterocycles. The Balaban J connectivity index is 1.72. The van der Waals surface area contributed by atoms with Crippen LogP contribution in [0.5, 0.6) is 0 Å². The summed E-state index contributed by atoms with van der Waals surface area (Å²) in [6.45, 7) is 2.04. The predicted molar refractivity (Wildman–Crippen MR) is 77.3 cm³/mol. The number of carbonyl (C=O) groups excluding carboxylic acids is 1. The molecule has 0 saturated heterocycles. The van der Waals surface area contributed by atoms with E-state index < -0.39 is 0 Å². The monoisotopic (exact) mass is 290 g/mol. The first-order chi connectivity index (χ1) is 9.67. The van der Waals surface area contributed by atoms with Crippen molar-refractivity contribution >= 4 is 23.2 Å². The highest BCUT2D eigenvalue weighted by molar-refractivity contribution is 6.31. The Labute approximate surface area is 122 Å². The molecule has 4 nitrogen and oxygen atoms in total. The third kappa shape index (κ3) is 2.70. The van der Waals surface area contributed by atoms with E-state index in [1.54, 1.807) is 12.1 Å². The minimum atomic E-state index is -0.277. The Morgan fingerprint density at radius 2 is 2.25 bits per heavy atom. The van der Waals surface area contributed by atoms with Gasteiger partial charge in [0.1, 0.15) is 5.76 Å². The number of nitrogens with one attached hydrogen (secondary N) is 1. The van der Waals surface area contributed by atoms with Gasteiger partial charge in [0.25, 0.3) is 5.91 Å². The molecule has 0 bridgehead atoms. The third-order valence-electron chi connectivity index (χ3n) is 3.43. The minimum absolute atomic E-state index is 0.277. The maximum Gasteiger partial charge on any atom is 0.277 e. The van der Waals surface area contributed by atoms with Crippen LogP contribution in [0.2, 0.25) is 5.02 Å². The van der Waals surface area contributed by atoms with E-state index in [0.29, 0.717) is 22.3 Å². The molecule has 0 unspecified atom stereocenters. The number of aryl methyl sites for hydroxylation is 1. The molecule has 1 aliphatic rings. The number of carbonyl (C=O) groups is 1. The molecular formula is C15H15ClN2O2. The summed E-state index contributed by atoms with van der Waals surface area (Å²) >= 11 is 6.13. The van der Waals surface area contributed by atoms with Crippen LogP contribution in [0.3, 0.4) is 0 Å². The van der Waals surface area contributed by atoms with E-state index in [1.165, 1.54) is 0 Å². The molecule has 0 radical (unpaired) electrons. The SMILES string of the molecule is CCc1ccc(NC(=O)c2cc(C3CC3)on2)cc1Cl. The third-order valence-corrected chi connectivity index (χ3v) is 3.78. The van der Waals surface area contributed by atoms with Crippen molar-refractivity contribution in [3.05, 3.63) is 46.3 Å². The van der Waals surface area contributed by atoms with Gasteiger partial charge in [-0.25, -0.2) is 0 Å². The molecule has 1 fully saturated rings. The first-order valence-electron chi connectivity index (χ1n) is 6.73. The van der Waals surface area contributed by atoms with Gasteiger partial charge in [0, 0.05) is 22.7 Å². The molecule has 1 aromatic carbocycles. The van der Waals surface area contributed by atoms with Gasteiger partial charge in [-0.15, -0.1) is 0 Å².